The van der Waals surface area contributed by atoms with E-state index in [9.17, 15) is 5.11 Å². The normalized spacial score (nSPS) is 26.2. The van der Waals surface area contributed by atoms with E-state index in [-0.39, 0.29) is 6.23 Å². The predicted octanol–water partition coefficient (Wildman–Crippen LogP) is 0.106. The molecular formula is C9H10N4O2. The Bertz CT molecular complexity index is 451. The van der Waals surface area contributed by atoms with Gasteiger partial charge in [0.15, 0.2) is 11.9 Å². The molecule has 3 rings (SSSR count). The summed E-state index contributed by atoms with van der Waals surface area (Å²) >= 11 is 0. The Morgan fingerprint density at radius 3 is 3.20 bits per heavy atom. The van der Waals surface area contributed by atoms with Gasteiger partial charge in [-0.15, -0.1) is 5.10 Å². The van der Waals surface area contributed by atoms with Crippen molar-refractivity contribution in [2.75, 3.05) is 6.61 Å². The lowest BCUT2D eigenvalue weighted by atomic mass is 10.3. The predicted molar refractivity (Wildman–Crippen MR) is 50.9 cm³/mol. The number of rotatable bonds is 1. The average Bonchev–Trinajstić information content (AvgIpc) is 2.82. The summed E-state index contributed by atoms with van der Waals surface area (Å²) in [7, 11) is 0. The minimum atomic E-state index is -0.395. The van der Waals surface area contributed by atoms with Gasteiger partial charge in [0, 0.05) is 18.8 Å². The zero-order valence-corrected chi connectivity index (χ0v) is 7.95. The summed E-state index contributed by atoms with van der Waals surface area (Å²) in [4.78, 5) is 7.94. The van der Waals surface area contributed by atoms with E-state index in [1.54, 1.807) is 10.9 Å². The number of fused-ring (bicyclic) bond motifs is 1. The van der Waals surface area contributed by atoms with Crippen molar-refractivity contribution in [1.82, 2.24) is 19.7 Å². The van der Waals surface area contributed by atoms with Crippen molar-refractivity contribution < 1.29 is 9.84 Å². The molecule has 0 unspecified atom stereocenters. The van der Waals surface area contributed by atoms with E-state index in [1.165, 1.54) is 6.33 Å². The van der Waals surface area contributed by atoms with Crippen LogP contribution in [0.2, 0.25) is 0 Å². The molecule has 2 atom stereocenters. The van der Waals surface area contributed by atoms with Gasteiger partial charge in [-0.25, -0.2) is 14.6 Å². The molecule has 0 spiro atoms. The highest BCUT2D eigenvalue weighted by Gasteiger charge is 2.25. The first-order chi connectivity index (χ1) is 7.33. The lowest BCUT2D eigenvalue weighted by Crippen LogP contribution is -2.08. The second-order valence-corrected chi connectivity index (χ2v) is 3.59. The van der Waals surface area contributed by atoms with Crippen molar-refractivity contribution in [2.45, 2.75) is 18.8 Å². The van der Waals surface area contributed by atoms with Crippen LogP contribution in [0, 0.1) is 0 Å². The van der Waals surface area contributed by atoms with Crippen LogP contribution in [0.15, 0.2) is 18.7 Å². The lowest BCUT2D eigenvalue weighted by Gasteiger charge is -2.07. The van der Waals surface area contributed by atoms with Crippen LogP contribution in [0.25, 0.3) is 11.0 Å². The van der Waals surface area contributed by atoms with Crippen LogP contribution < -0.4 is 0 Å². The molecule has 6 heteroatoms. The van der Waals surface area contributed by atoms with Crippen LogP contribution in [0.5, 0.6) is 0 Å². The van der Waals surface area contributed by atoms with Gasteiger partial charge in [0.05, 0.1) is 18.1 Å². The van der Waals surface area contributed by atoms with E-state index < -0.39 is 6.10 Å². The van der Waals surface area contributed by atoms with Crippen LogP contribution in [-0.4, -0.2) is 37.6 Å². The smallest absolute Gasteiger partial charge is 0.184 e. The van der Waals surface area contributed by atoms with E-state index in [4.69, 9.17) is 4.74 Å². The largest absolute Gasteiger partial charge is 0.391 e. The fourth-order valence-corrected chi connectivity index (χ4v) is 1.71. The van der Waals surface area contributed by atoms with E-state index in [2.05, 4.69) is 15.1 Å². The summed E-state index contributed by atoms with van der Waals surface area (Å²) in [6.07, 6.45) is 4.99. The fraction of sp³-hybridized carbons (Fsp3) is 0.444. The second-order valence-electron chi connectivity index (χ2n) is 3.59. The number of aliphatic hydroxyl groups excluding tert-OH is 1. The third-order valence-electron chi connectivity index (χ3n) is 2.45. The molecule has 1 N–H and O–H groups in total. The Morgan fingerprint density at radius 2 is 2.47 bits per heavy atom. The summed E-state index contributed by atoms with van der Waals surface area (Å²) in [6, 6.07) is 0. The standard InChI is InChI=1S/C9H10N4O2/c14-7-1-8(15-4-7)13-3-6-2-10-5-11-9(6)12-13/h2-3,5,7-8,14H,1,4H2/t7-,8+/m0/s1. The van der Waals surface area contributed by atoms with Crippen molar-refractivity contribution in [3.05, 3.63) is 18.7 Å². The highest BCUT2D eigenvalue weighted by Crippen LogP contribution is 2.23. The third kappa shape index (κ3) is 1.47. The number of nitrogens with zero attached hydrogens (tertiary/aromatic N) is 4. The van der Waals surface area contributed by atoms with Crippen LogP contribution >= 0.6 is 0 Å². The maximum Gasteiger partial charge on any atom is 0.184 e. The molecule has 0 aromatic carbocycles. The molecule has 15 heavy (non-hydrogen) atoms. The molecule has 0 aliphatic carbocycles. The molecular weight excluding hydrogens is 196 g/mol. The van der Waals surface area contributed by atoms with Gasteiger partial charge in [0.25, 0.3) is 0 Å². The molecule has 0 amide bonds. The van der Waals surface area contributed by atoms with E-state index in [0.29, 0.717) is 18.7 Å². The summed E-state index contributed by atoms with van der Waals surface area (Å²) < 4.78 is 7.07. The maximum absolute atomic E-state index is 9.34. The summed E-state index contributed by atoms with van der Waals surface area (Å²) in [6.45, 7) is 0.368. The topological polar surface area (TPSA) is 73.1 Å². The third-order valence-corrected chi connectivity index (χ3v) is 2.45. The molecule has 0 saturated carbocycles. The molecule has 0 bridgehead atoms. The molecule has 1 saturated heterocycles. The first-order valence-electron chi connectivity index (χ1n) is 4.77. The van der Waals surface area contributed by atoms with Gasteiger partial charge in [0.2, 0.25) is 0 Å². The Morgan fingerprint density at radius 1 is 1.53 bits per heavy atom. The van der Waals surface area contributed by atoms with Crippen LogP contribution in [-0.2, 0) is 4.74 Å². The zero-order chi connectivity index (χ0) is 10.3. The number of ether oxygens (including phenoxy) is 1. The molecule has 78 valence electrons. The molecule has 1 aliphatic heterocycles. The van der Waals surface area contributed by atoms with Crippen LogP contribution in [0.3, 0.4) is 0 Å². The highest BCUT2D eigenvalue weighted by molar-refractivity contribution is 5.72. The van der Waals surface area contributed by atoms with Crippen LogP contribution in [0.4, 0.5) is 0 Å². The molecule has 1 fully saturated rings. The summed E-state index contributed by atoms with van der Waals surface area (Å²) in [5.41, 5.74) is 0.648. The number of hydrogen-bond donors (Lipinski definition) is 1. The maximum atomic E-state index is 9.34. The summed E-state index contributed by atoms with van der Waals surface area (Å²) in [5.74, 6) is 0. The number of hydrogen-bond acceptors (Lipinski definition) is 5. The summed E-state index contributed by atoms with van der Waals surface area (Å²) in [5, 5.41) is 14.5. The fourth-order valence-electron chi connectivity index (χ4n) is 1.71. The Kier molecular flexibility index (Phi) is 1.90. The van der Waals surface area contributed by atoms with Crippen molar-refractivity contribution in [2.24, 2.45) is 0 Å². The molecule has 2 aromatic heterocycles. The Labute approximate surface area is 85.5 Å². The van der Waals surface area contributed by atoms with Gasteiger partial charge in [-0.2, -0.15) is 0 Å². The van der Waals surface area contributed by atoms with Gasteiger partial charge in [-0.3, -0.25) is 0 Å². The number of aliphatic hydroxyl groups is 1. The minimum Gasteiger partial charge on any atom is -0.391 e. The van der Waals surface area contributed by atoms with Crippen molar-refractivity contribution in [1.29, 1.82) is 0 Å². The quantitative estimate of drug-likeness (QED) is 0.716. The first-order valence-corrected chi connectivity index (χ1v) is 4.77. The number of aromatic nitrogens is 4. The molecule has 3 heterocycles. The lowest BCUT2D eigenvalue weighted by molar-refractivity contribution is 0.0401. The van der Waals surface area contributed by atoms with Crippen LogP contribution in [0.1, 0.15) is 12.6 Å². The average molecular weight is 206 g/mol. The van der Waals surface area contributed by atoms with E-state index in [1.807, 2.05) is 6.20 Å². The van der Waals surface area contributed by atoms with E-state index in [0.717, 1.165) is 5.39 Å². The second kappa shape index (κ2) is 3.25. The minimum absolute atomic E-state index is 0.186. The van der Waals surface area contributed by atoms with Gasteiger partial charge >= 0.3 is 0 Å². The van der Waals surface area contributed by atoms with Gasteiger partial charge in [0.1, 0.15) is 6.33 Å². The monoisotopic (exact) mass is 206 g/mol. The highest BCUT2D eigenvalue weighted by atomic mass is 16.5. The van der Waals surface area contributed by atoms with Gasteiger partial charge in [-0.05, 0) is 0 Å². The van der Waals surface area contributed by atoms with Crippen molar-refractivity contribution in [3.63, 3.8) is 0 Å². The van der Waals surface area contributed by atoms with Crippen molar-refractivity contribution in [3.8, 4) is 0 Å². The van der Waals surface area contributed by atoms with E-state index >= 15 is 0 Å². The molecule has 1 aliphatic rings. The molecule has 2 aromatic rings. The Balaban J connectivity index is 1.98. The SMILES string of the molecule is O[C@@H]1CO[C@@H](n2cc3cncnc3n2)C1. The molecule has 6 nitrogen and oxygen atoms in total. The zero-order valence-electron chi connectivity index (χ0n) is 7.95. The van der Waals surface area contributed by atoms with Gasteiger partial charge in [-0.1, -0.05) is 0 Å². The van der Waals surface area contributed by atoms with Gasteiger partial charge < -0.3 is 9.84 Å². The Hall–Kier alpha value is -1.53. The molecule has 0 radical (unpaired) electrons. The first kappa shape index (κ1) is 8.75. The van der Waals surface area contributed by atoms with Crippen molar-refractivity contribution >= 4 is 11.0 Å².